The largest absolute Gasteiger partial charge is 0.743 e. The van der Waals surface area contributed by atoms with Crippen molar-refractivity contribution in [3.05, 3.63) is 72.8 Å². The number of halogens is 9. The molecule has 286 valence electrons. The Labute approximate surface area is 294 Å². The molecule has 0 aliphatic heterocycles. The second-order valence-corrected chi connectivity index (χ2v) is 14.3. The maximum absolute atomic E-state index is 12.2. The van der Waals surface area contributed by atoms with Crippen molar-refractivity contribution in [3.8, 4) is 17.2 Å². The molecule has 0 unspecified atom stereocenters. The van der Waals surface area contributed by atoms with Crippen LogP contribution < -0.4 is 14.2 Å². The van der Waals surface area contributed by atoms with E-state index >= 15 is 0 Å². The Balaban J connectivity index is 0.000000449. The summed E-state index contributed by atoms with van der Waals surface area (Å²) < 4.78 is 154. The Morgan fingerprint density at radius 1 is 0.608 bits per heavy atom. The minimum Gasteiger partial charge on any atom is -0.743 e. The first-order chi connectivity index (χ1) is 23.8. The molecule has 51 heavy (non-hydrogen) atoms. The van der Waals surface area contributed by atoms with Gasteiger partial charge >= 0.3 is 23.3 Å². The van der Waals surface area contributed by atoms with E-state index < -0.39 is 33.4 Å². The van der Waals surface area contributed by atoms with Crippen LogP contribution in [-0.4, -0.2) is 56.1 Å². The van der Waals surface area contributed by atoms with Gasteiger partial charge in [-0.2, -0.15) is 39.5 Å². The molecule has 0 spiro atoms. The lowest BCUT2D eigenvalue weighted by Crippen LogP contribution is -2.63. The molecule has 0 aromatic heterocycles. The molecule has 0 saturated carbocycles. The van der Waals surface area contributed by atoms with Gasteiger partial charge in [0.1, 0.15) is 16.6 Å². The van der Waals surface area contributed by atoms with Gasteiger partial charge in [0.2, 0.25) is 4.90 Å². The molecule has 3 aromatic rings. The predicted octanol–water partition coefficient (Wildman–Crippen LogP) is 10.3. The molecule has 0 bridgehead atoms. The lowest BCUT2D eigenvalue weighted by atomic mass is 10.1. The van der Waals surface area contributed by atoms with Gasteiger partial charge in [-0.15, -0.1) is 0 Å². The minimum absolute atomic E-state index is 0.370. The Morgan fingerprint density at radius 2 is 0.980 bits per heavy atom. The maximum Gasteiger partial charge on any atom is 0.460 e. The molecule has 0 atom stereocenters. The van der Waals surface area contributed by atoms with Crippen molar-refractivity contribution in [2.45, 2.75) is 97.3 Å². The first-order valence-electron chi connectivity index (χ1n) is 15.8. The average Bonchev–Trinajstić information content (AvgIpc) is 3.06. The van der Waals surface area contributed by atoms with Crippen molar-refractivity contribution in [1.29, 1.82) is 0 Å². The van der Waals surface area contributed by atoms with Gasteiger partial charge < -0.3 is 18.8 Å². The molecule has 0 aliphatic carbocycles. The third-order valence-electron chi connectivity index (χ3n) is 6.86. The molecule has 17 heteroatoms. The second-order valence-electron chi connectivity index (χ2n) is 10.9. The molecule has 6 nitrogen and oxygen atoms in total. The van der Waals surface area contributed by atoms with Gasteiger partial charge in [-0.1, -0.05) is 76.4 Å². The van der Waals surface area contributed by atoms with Crippen LogP contribution in [0.25, 0.3) is 0 Å². The van der Waals surface area contributed by atoms with Crippen LogP contribution in [0.4, 0.5) is 39.5 Å². The van der Waals surface area contributed by atoms with E-state index in [-0.39, 0.29) is 10.9 Å². The maximum atomic E-state index is 12.2. The first kappa shape index (κ1) is 43.9. The smallest absolute Gasteiger partial charge is 0.460 e. The molecule has 0 heterocycles. The van der Waals surface area contributed by atoms with Gasteiger partial charge in [-0.05, 0) is 43.5 Å². The van der Waals surface area contributed by atoms with Gasteiger partial charge in [-0.3, -0.25) is 0 Å². The molecule has 0 radical (unpaired) electrons. The predicted molar refractivity (Wildman–Crippen MR) is 173 cm³/mol. The lowest BCUT2D eigenvalue weighted by Gasteiger charge is -2.34. The van der Waals surface area contributed by atoms with Gasteiger partial charge in [0.15, 0.2) is 31.4 Å². The lowest BCUT2D eigenvalue weighted by molar-refractivity contribution is -0.382. The van der Waals surface area contributed by atoms with Gasteiger partial charge in [0.05, 0.1) is 19.8 Å². The normalized spacial score (nSPS) is 12.7. The van der Waals surface area contributed by atoms with Crippen molar-refractivity contribution in [1.82, 2.24) is 0 Å². The Morgan fingerprint density at radius 3 is 1.31 bits per heavy atom. The van der Waals surface area contributed by atoms with Crippen molar-refractivity contribution >= 4 is 21.0 Å². The molecule has 0 amide bonds. The van der Waals surface area contributed by atoms with E-state index in [1.165, 1.54) is 9.79 Å². The number of hydrogen-bond donors (Lipinski definition) is 0. The van der Waals surface area contributed by atoms with E-state index in [1.54, 1.807) is 0 Å². The van der Waals surface area contributed by atoms with Crippen molar-refractivity contribution in [2.24, 2.45) is 0 Å². The topological polar surface area (TPSA) is 84.9 Å². The summed E-state index contributed by atoms with van der Waals surface area (Å²) in [6, 6.07) is 25.5. The quantitative estimate of drug-likeness (QED) is 0.0553. The highest BCUT2D eigenvalue weighted by Crippen LogP contribution is 2.54. The summed E-state index contributed by atoms with van der Waals surface area (Å²) in [7, 11) is -7.79. The minimum atomic E-state index is -7.43. The summed E-state index contributed by atoms with van der Waals surface area (Å²) in [4.78, 5) is 3.59. The Bertz CT molecular complexity index is 1520. The standard InChI is InChI=1S/C30H39O3S.C4HF9O3S/c1-4-7-20-31-25-23-28(32-21-8-5-2)30(29(24-25)33-22-9-6-3)34(26-16-12-10-13-17-26)27-18-14-11-15-19-27;5-1(6,3(9,10)11)2(7,8)4(12,13)17(14,15)16/h10-19,23-24H,4-9,20-22H2,1-3H3;(H,14,15,16)/q+1;/p-1. The van der Waals surface area contributed by atoms with E-state index in [1.807, 2.05) is 0 Å². The fourth-order valence-corrected chi connectivity index (χ4v) is 6.72. The van der Waals surface area contributed by atoms with Crippen LogP contribution in [-0.2, 0) is 21.0 Å². The van der Waals surface area contributed by atoms with E-state index in [2.05, 4.69) is 93.6 Å². The summed E-state index contributed by atoms with van der Waals surface area (Å²) >= 11 is 0. The number of benzene rings is 3. The van der Waals surface area contributed by atoms with Crippen LogP contribution in [0.2, 0.25) is 0 Å². The van der Waals surface area contributed by atoms with E-state index in [0.29, 0.717) is 19.8 Å². The molecular formula is C34H39F9O6S2. The fraction of sp³-hybridized carbons (Fsp3) is 0.471. The van der Waals surface area contributed by atoms with Gasteiger partial charge in [-0.25, -0.2) is 8.42 Å². The van der Waals surface area contributed by atoms with Gasteiger partial charge in [0.25, 0.3) is 0 Å². The monoisotopic (exact) mass is 778 g/mol. The van der Waals surface area contributed by atoms with Crippen LogP contribution in [0.15, 0.2) is 87.5 Å². The van der Waals surface area contributed by atoms with Crippen LogP contribution >= 0.6 is 0 Å². The highest BCUT2D eigenvalue weighted by Gasteiger charge is 2.83. The average molecular weight is 779 g/mol. The molecule has 0 fully saturated rings. The summed E-state index contributed by atoms with van der Waals surface area (Å²) in [6.07, 6.45) is -0.838. The van der Waals surface area contributed by atoms with Gasteiger partial charge in [0, 0.05) is 12.1 Å². The van der Waals surface area contributed by atoms with Crippen LogP contribution in [0, 0.1) is 0 Å². The Hall–Kier alpha value is -3.31. The summed E-state index contributed by atoms with van der Waals surface area (Å²) in [5.74, 6) is -12.3. The van der Waals surface area contributed by atoms with Crippen molar-refractivity contribution < 1.29 is 66.7 Å². The summed E-state index contributed by atoms with van der Waals surface area (Å²) in [5, 5.41) is -7.11. The number of rotatable bonds is 18. The molecular weight excluding hydrogens is 739 g/mol. The molecule has 3 aromatic carbocycles. The second kappa shape index (κ2) is 19.0. The fourth-order valence-electron chi connectivity index (χ4n) is 4.04. The summed E-state index contributed by atoms with van der Waals surface area (Å²) in [6.45, 7) is 8.60. The van der Waals surface area contributed by atoms with E-state index in [0.717, 1.165) is 60.7 Å². The molecule has 3 rings (SSSR count). The SMILES string of the molecule is CCCCOc1cc(OCCCC)c([S+](c2ccccc2)c2ccccc2)c(OCCCC)c1.O=S(=O)([O-])C(F)(F)C(F)(F)C(F)(F)C(F)(F)F. The van der Waals surface area contributed by atoms with E-state index in [9.17, 15) is 52.5 Å². The molecule has 0 N–H and O–H groups in total. The van der Waals surface area contributed by atoms with Crippen molar-refractivity contribution in [3.63, 3.8) is 0 Å². The van der Waals surface area contributed by atoms with Crippen molar-refractivity contribution in [2.75, 3.05) is 19.8 Å². The van der Waals surface area contributed by atoms with Crippen LogP contribution in [0.5, 0.6) is 17.2 Å². The number of unbranched alkanes of at least 4 members (excludes halogenated alkanes) is 3. The van der Waals surface area contributed by atoms with Crippen LogP contribution in [0.1, 0.15) is 59.3 Å². The highest BCUT2D eigenvalue weighted by molar-refractivity contribution is 7.97. The number of alkyl halides is 9. The Kier molecular flexibility index (Phi) is 16.3. The first-order valence-corrected chi connectivity index (χ1v) is 18.5. The number of ether oxygens (including phenoxy) is 3. The zero-order chi connectivity index (χ0) is 38.5. The highest BCUT2D eigenvalue weighted by atomic mass is 32.2. The third-order valence-corrected chi connectivity index (χ3v) is 10.0. The van der Waals surface area contributed by atoms with Crippen LogP contribution in [0.3, 0.4) is 0 Å². The third kappa shape index (κ3) is 11.1. The van der Waals surface area contributed by atoms with E-state index in [4.69, 9.17) is 14.2 Å². The molecule has 0 aliphatic rings. The zero-order valence-electron chi connectivity index (χ0n) is 28.0. The summed E-state index contributed by atoms with van der Waals surface area (Å²) in [5.41, 5.74) is 0. The number of hydrogen-bond acceptors (Lipinski definition) is 6. The molecule has 0 saturated heterocycles. The zero-order valence-corrected chi connectivity index (χ0v) is 29.6.